The minimum absolute atomic E-state index is 0.285. The lowest BCUT2D eigenvalue weighted by Gasteiger charge is -2.56. The number of Topliss-reactive ketones (excluding diaryl/α,β-unsaturated/α-hetero) is 1. The SMILES string of the molecule is CCC(C)(C)C(=O)OCCOC(=O)C(F)(F)CC(=O)C12CC3CC(CC(C3)C1)C2.CCC(C)(C)C(=O)OCCOC(=O)C(F)(F)COC(=O)C12CC3CC(CC(C3)C1)C2.CCC(C)(C)C(=O)OCCOC(=O)C(F)(F)OC(=O)C12CC3CC(CC(C3)C1)C2. The van der Waals surface area contributed by atoms with Crippen molar-refractivity contribution >= 4 is 53.5 Å². The third-order valence-electron chi connectivity index (χ3n) is 21.4. The molecule has 88 heavy (non-hydrogen) atoms. The smallest absolute Gasteiger partial charge is 0.462 e. The average molecular weight is 1260 g/mol. The largest absolute Gasteiger partial charge is 0.504 e. The quantitative estimate of drug-likeness (QED) is 0.0339. The van der Waals surface area contributed by atoms with Crippen molar-refractivity contribution in [2.75, 3.05) is 46.2 Å². The fraction of sp³-hybridized carbons (Fsp3) is 0.862. The Labute approximate surface area is 512 Å². The minimum Gasteiger partial charge on any atom is -0.462 e. The van der Waals surface area contributed by atoms with Crippen molar-refractivity contribution < 1.29 is 107 Å². The monoisotopic (exact) mass is 1260 g/mol. The van der Waals surface area contributed by atoms with Gasteiger partial charge < -0.3 is 37.9 Å². The molecule has 0 aliphatic heterocycles. The molecule has 0 aromatic heterocycles. The number of carbonyl (C=O) groups excluding carboxylic acids is 9. The van der Waals surface area contributed by atoms with Crippen LogP contribution in [0.25, 0.3) is 0 Å². The van der Waals surface area contributed by atoms with Gasteiger partial charge in [-0.2, -0.15) is 26.3 Å². The van der Waals surface area contributed by atoms with Crippen molar-refractivity contribution in [3.05, 3.63) is 0 Å². The van der Waals surface area contributed by atoms with E-state index in [-0.39, 0.29) is 19.8 Å². The highest BCUT2D eigenvalue weighted by Crippen LogP contribution is 2.63. The van der Waals surface area contributed by atoms with E-state index in [4.69, 9.17) is 18.9 Å². The zero-order valence-corrected chi connectivity index (χ0v) is 52.9. The lowest BCUT2D eigenvalue weighted by Crippen LogP contribution is -2.52. The second kappa shape index (κ2) is 27.5. The van der Waals surface area contributed by atoms with Crippen LogP contribution >= 0.6 is 0 Å². The molecule has 12 fully saturated rings. The molecule has 12 rings (SSSR count). The minimum atomic E-state index is -4.35. The summed E-state index contributed by atoms with van der Waals surface area (Å²) in [6.45, 7) is 12.0. The molecule has 0 saturated heterocycles. The molecule has 12 aliphatic rings. The standard InChI is InChI=1S/C22H32F2O6.C22H32F2O5.C21H30F2O6/c1-4-20(2,3)17(25)28-5-6-29-19(27)22(23,24)13-30-18(26)21-10-14-7-15(11-21)9-16(8-14)12-21;1-4-20(2,3)18(26)28-5-6-29-19(27)22(23,24)13-17(25)21-10-14-7-15(11-21)9-16(8-14)12-21;1-4-19(2,3)16(24)27-5-6-28-18(26)21(22,23)29-17(25)20-10-13-7-14(11-20)9-15(8-13)12-20/h14-16H,4-13H2,1-3H3;14-16H,4-13H2,1-3H3;13-15H,4-12H2,1-3H3. The zero-order valence-electron chi connectivity index (χ0n) is 52.9. The van der Waals surface area contributed by atoms with Crippen LogP contribution < -0.4 is 0 Å². The van der Waals surface area contributed by atoms with E-state index in [2.05, 4.69) is 18.9 Å². The van der Waals surface area contributed by atoms with Gasteiger partial charge in [-0.05, 0) is 230 Å². The van der Waals surface area contributed by atoms with Crippen molar-refractivity contribution in [2.24, 2.45) is 85.8 Å². The molecule has 0 aromatic carbocycles. The normalized spacial score (nSPS) is 30.6. The highest BCUT2D eigenvalue weighted by atomic mass is 19.3. The van der Waals surface area contributed by atoms with Crippen LogP contribution in [-0.2, 0) is 81.0 Å². The number of ether oxygens (including phenoxy) is 8. The summed E-state index contributed by atoms with van der Waals surface area (Å²) in [4.78, 5) is 109. The first-order chi connectivity index (χ1) is 40.9. The molecule has 0 heterocycles. The third kappa shape index (κ3) is 16.7. The molecule has 0 unspecified atom stereocenters. The molecule has 498 valence electrons. The summed E-state index contributed by atoms with van der Waals surface area (Å²) in [6.07, 6.45) is 11.9. The van der Waals surface area contributed by atoms with Crippen LogP contribution in [-0.4, -0.2) is 118 Å². The fourth-order valence-electron chi connectivity index (χ4n) is 16.4. The highest BCUT2D eigenvalue weighted by molar-refractivity contribution is 5.91. The molecule has 0 atom stereocenters. The van der Waals surface area contributed by atoms with Crippen molar-refractivity contribution in [2.45, 2.75) is 222 Å². The lowest BCUT2D eigenvalue weighted by atomic mass is 9.48. The highest BCUT2D eigenvalue weighted by Gasteiger charge is 2.61. The topological polar surface area (TPSA) is 227 Å². The van der Waals surface area contributed by atoms with E-state index in [1.54, 1.807) is 41.5 Å². The summed E-state index contributed by atoms with van der Waals surface area (Å²) in [5, 5.41) is 0. The molecule has 12 saturated carbocycles. The number of hydrogen-bond acceptors (Lipinski definition) is 17. The van der Waals surface area contributed by atoms with Crippen LogP contribution in [0.2, 0.25) is 0 Å². The number of halogens is 6. The van der Waals surface area contributed by atoms with Crippen molar-refractivity contribution in [1.29, 1.82) is 0 Å². The lowest BCUT2D eigenvalue weighted by molar-refractivity contribution is -0.255. The molecule has 0 N–H and O–H groups in total. The van der Waals surface area contributed by atoms with Gasteiger partial charge in [-0.15, -0.1) is 0 Å². The van der Waals surface area contributed by atoms with Gasteiger partial charge in [0.05, 0.1) is 33.5 Å². The first-order valence-electron chi connectivity index (χ1n) is 32.0. The Morgan fingerprint density at radius 2 is 0.591 bits per heavy atom. The first kappa shape index (κ1) is 70.5. The average Bonchev–Trinajstić information content (AvgIpc) is 1.10. The van der Waals surface area contributed by atoms with E-state index in [9.17, 15) is 69.5 Å². The maximum atomic E-state index is 14.4. The van der Waals surface area contributed by atoms with Crippen LogP contribution in [0.1, 0.15) is 204 Å². The Balaban J connectivity index is 0.000000188. The van der Waals surface area contributed by atoms with E-state index in [0.29, 0.717) is 130 Å². The summed E-state index contributed by atoms with van der Waals surface area (Å²) in [5.41, 5.74) is -4.30. The van der Waals surface area contributed by atoms with Crippen LogP contribution in [0.3, 0.4) is 0 Å². The number of alkyl halides is 6. The number of ketones is 1. The fourth-order valence-corrected chi connectivity index (χ4v) is 16.4. The molecule has 12 bridgehead atoms. The van der Waals surface area contributed by atoms with Gasteiger partial charge in [0.25, 0.3) is 0 Å². The van der Waals surface area contributed by atoms with Gasteiger partial charge in [-0.3, -0.25) is 28.8 Å². The maximum absolute atomic E-state index is 14.4. The summed E-state index contributed by atoms with van der Waals surface area (Å²) in [6, 6.07) is 0. The van der Waals surface area contributed by atoms with Crippen LogP contribution in [0.5, 0.6) is 0 Å². The van der Waals surface area contributed by atoms with Crippen molar-refractivity contribution in [3.63, 3.8) is 0 Å². The predicted molar refractivity (Wildman–Crippen MR) is 301 cm³/mol. The van der Waals surface area contributed by atoms with E-state index in [0.717, 1.165) is 57.8 Å². The van der Waals surface area contributed by atoms with E-state index >= 15 is 0 Å². The molecule has 12 aliphatic carbocycles. The van der Waals surface area contributed by atoms with Gasteiger partial charge in [-0.25, -0.2) is 14.4 Å². The first-order valence-corrected chi connectivity index (χ1v) is 32.0. The van der Waals surface area contributed by atoms with Gasteiger partial charge in [0, 0.05) is 5.41 Å². The summed E-state index contributed by atoms with van der Waals surface area (Å²) < 4.78 is 123. The Bertz CT molecular complexity index is 2350. The molecule has 23 heteroatoms. The number of carbonyl (C=O) groups is 9. The van der Waals surface area contributed by atoms with E-state index in [1.807, 2.05) is 20.8 Å². The van der Waals surface area contributed by atoms with Gasteiger partial charge in [0.1, 0.15) is 45.4 Å². The van der Waals surface area contributed by atoms with Gasteiger partial charge in [-0.1, -0.05) is 20.8 Å². The summed E-state index contributed by atoms with van der Waals surface area (Å²) in [7, 11) is 0. The van der Waals surface area contributed by atoms with Crippen LogP contribution in [0.15, 0.2) is 0 Å². The van der Waals surface area contributed by atoms with Gasteiger partial charge >= 0.3 is 65.7 Å². The summed E-state index contributed by atoms with van der Waals surface area (Å²) in [5.74, 6) is -12.8. The molecule has 17 nitrogen and oxygen atoms in total. The summed E-state index contributed by atoms with van der Waals surface area (Å²) >= 11 is 0. The van der Waals surface area contributed by atoms with Crippen LogP contribution in [0, 0.1) is 85.8 Å². The number of esters is 8. The van der Waals surface area contributed by atoms with Gasteiger partial charge in [0.15, 0.2) is 6.61 Å². The Hall–Kier alpha value is -4.99. The van der Waals surface area contributed by atoms with Crippen molar-refractivity contribution in [3.8, 4) is 0 Å². The predicted octanol–water partition coefficient (Wildman–Crippen LogP) is 12.1. The molecular formula is C65H94F6O17. The Morgan fingerprint density at radius 3 is 0.886 bits per heavy atom. The van der Waals surface area contributed by atoms with E-state index in [1.165, 1.54) is 0 Å². The zero-order chi connectivity index (χ0) is 65.1. The van der Waals surface area contributed by atoms with E-state index < -0.39 is 137 Å². The second-order valence-electron chi connectivity index (χ2n) is 29.6. The van der Waals surface area contributed by atoms with Crippen LogP contribution in [0.4, 0.5) is 26.3 Å². The molecule has 0 spiro atoms. The van der Waals surface area contributed by atoms with Crippen molar-refractivity contribution in [1.82, 2.24) is 0 Å². The number of rotatable bonds is 26. The molecular weight excluding hydrogens is 1170 g/mol. The Kier molecular flexibility index (Phi) is 22.0. The number of hydrogen-bond donors (Lipinski definition) is 0. The molecule has 0 aromatic rings. The third-order valence-corrected chi connectivity index (χ3v) is 21.4. The van der Waals surface area contributed by atoms with Gasteiger partial charge in [0.2, 0.25) is 0 Å². The maximum Gasteiger partial charge on any atom is 0.504 e. The molecule has 0 amide bonds. The molecule has 0 radical (unpaired) electrons. The Morgan fingerprint density at radius 1 is 0.341 bits per heavy atom. The second-order valence-corrected chi connectivity index (χ2v) is 29.6.